The van der Waals surface area contributed by atoms with Gasteiger partial charge in [-0.15, -0.1) is 0 Å². The molecule has 1 unspecified atom stereocenters. The van der Waals surface area contributed by atoms with E-state index in [-0.39, 0.29) is 5.83 Å². The fourth-order valence-electron chi connectivity index (χ4n) is 2.13. The van der Waals surface area contributed by atoms with Crippen molar-refractivity contribution >= 4 is 0 Å². The van der Waals surface area contributed by atoms with E-state index in [0.29, 0.717) is 5.92 Å². The van der Waals surface area contributed by atoms with Gasteiger partial charge in [-0.3, -0.25) is 0 Å². The maximum absolute atomic E-state index is 12.9. The molecule has 0 aromatic heterocycles. The van der Waals surface area contributed by atoms with Crippen molar-refractivity contribution in [1.82, 2.24) is 4.90 Å². The Kier molecular flexibility index (Phi) is 2.79. The molecule has 0 spiro atoms. The molecule has 1 aliphatic carbocycles. The van der Waals surface area contributed by atoms with E-state index in [2.05, 4.69) is 4.90 Å². The summed E-state index contributed by atoms with van der Waals surface area (Å²) in [7, 11) is 0. The van der Waals surface area contributed by atoms with Crippen LogP contribution < -0.4 is 0 Å². The lowest BCUT2D eigenvalue weighted by Crippen LogP contribution is -2.26. The molecule has 2 rings (SSSR count). The molecule has 1 aliphatic heterocycles. The summed E-state index contributed by atoms with van der Waals surface area (Å²) >= 11 is 0. The smallest absolute Gasteiger partial charge is 0.119 e. The highest BCUT2D eigenvalue weighted by atomic mass is 19.1. The average Bonchev–Trinajstić information content (AvgIpc) is 2.57. The van der Waals surface area contributed by atoms with Gasteiger partial charge in [0.1, 0.15) is 5.83 Å². The van der Waals surface area contributed by atoms with Gasteiger partial charge in [-0.05, 0) is 50.4 Å². The Morgan fingerprint density at radius 3 is 2.85 bits per heavy atom. The molecular weight excluding hydrogens is 165 g/mol. The van der Waals surface area contributed by atoms with E-state index in [1.54, 1.807) is 12.2 Å². The third kappa shape index (κ3) is 2.41. The van der Waals surface area contributed by atoms with Crippen LogP contribution in [0.3, 0.4) is 0 Å². The topological polar surface area (TPSA) is 3.24 Å². The Morgan fingerprint density at radius 2 is 2.15 bits per heavy atom. The van der Waals surface area contributed by atoms with E-state index in [4.69, 9.17) is 0 Å². The van der Waals surface area contributed by atoms with Crippen molar-refractivity contribution in [3.63, 3.8) is 0 Å². The van der Waals surface area contributed by atoms with Gasteiger partial charge in [0.2, 0.25) is 0 Å². The highest BCUT2D eigenvalue weighted by Gasteiger charge is 2.17. The van der Waals surface area contributed by atoms with Gasteiger partial charge >= 0.3 is 0 Å². The van der Waals surface area contributed by atoms with E-state index >= 15 is 0 Å². The quantitative estimate of drug-likeness (QED) is 0.632. The van der Waals surface area contributed by atoms with Crippen LogP contribution in [0.4, 0.5) is 4.39 Å². The lowest BCUT2D eigenvalue weighted by atomic mass is 10.00. The van der Waals surface area contributed by atoms with Crippen LogP contribution in [0, 0.1) is 5.92 Å². The number of rotatable bonds is 2. The van der Waals surface area contributed by atoms with Crippen molar-refractivity contribution in [2.75, 3.05) is 19.6 Å². The number of hydrogen-bond donors (Lipinski definition) is 0. The second kappa shape index (κ2) is 4.05. The third-order valence-electron chi connectivity index (χ3n) is 2.80. The standard InChI is InChI=1S/C11H16FN/c12-11-5-3-4-10(8-11)9-13-6-1-2-7-13/h3,5,8,10H,1-2,4,6-7,9H2. The molecule has 13 heavy (non-hydrogen) atoms. The Hall–Kier alpha value is -0.630. The second-order valence-electron chi connectivity index (χ2n) is 3.96. The summed E-state index contributed by atoms with van der Waals surface area (Å²) in [5.41, 5.74) is 0. The van der Waals surface area contributed by atoms with Crippen molar-refractivity contribution in [3.8, 4) is 0 Å². The first kappa shape index (κ1) is 8.95. The lowest BCUT2D eigenvalue weighted by molar-refractivity contribution is 0.300. The Morgan fingerprint density at radius 1 is 1.38 bits per heavy atom. The molecule has 0 aromatic carbocycles. The van der Waals surface area contributed by atoms with Gasteiger partial charge in [0.05, 0.1) is 0 Å². The third-order valence-corrected chi connectivity index (χ3v) is 2.80. The molecule has 2 heteroatoms. The molecule has 0 saturated carbocycles. The summed E-state index contributed by atoms with van der Waals surface area (Å²) in [6.45, 7) is 3.45. The largest absolute Gasteiger partial charge is 0.303 e. The Balaban J connectivity index is 1.84. The van der Waals surface area contributed by atoms with Gasteiger partial charge < -0.3 is 4.90 Å². The van der Waals surface area contributed by atoms with Crippen LogP contribution >= 0.6 is 0 Å². The van der Waals surface area contributed by atoms with E-state index < -0.39 is 0 Å². The summed E-state index contributed by atoms with van der Waals surface area (Å²) in [5.74, 6) is 0.346. The number of allylic oxidation sites excluding steroid dienone is 3. The van der Waals surface area contributed by atoms with Crippen LogP contribution in [0.25, 0.3) is 0 Å². The van der Waals surface area contributed by atoms with Gasteiger partial charge in [0.25, 0.3) is 0 Å². The van der Waals surface area contributed by atoms with Crippen LogP contribution in [-0.2, 0) is 0 Å². The molecular formula is C11H16FN. The molecule has 72 valence electrons. The Labute approximate surface area is 78.9 Å². The summed E-state index contributed by atoms with van der Waals surface area (Å²) in [4.78, 5) is 2.44. The highest BCUT2D eigenvalue weighted by molar-refractivity contribution is 5.17. The van der Waals surface area contributed by atoms with Gasteiger partial charge in [0.15, 0.2) is 0 Å². The van der Waals surface area contributed by atoms with E-state index in [1.807, 2.05) is 6.08 Å². The number of nitrogens with zero attached hydrogens (tertiary/aromatic N) is 1. The van der Waals surface area contributed by atoms with Crippen LogP contribution in [0.1, 0.15) is 19.3 Å². The molecule has 2 aliphatic rings. The Bertz CT molecular complexity index is 226. The number of halogens is 1. The van der Waals surface area contributed by atoms with E-state index in [1.165, 1.54) is 25.9 Å². The molecule has 1 fully saturated rings. The minimum atomic E-state index is -0.0598. The van der Waals surface area contributed by atoms with E-state index in [0.717, 1.165) is 13.0 Å². The molecule has 1 heterocycles. The molecule has 0 aromatic rings. The SMILES string of the molecule is FC1=CC(CN2CCCC2)CC=C1. The minimum Gasteiger partial charge on any atom is -0.303 e. The highest BCUT2D eigenvalue weighted by Crippen LogP contribution is 2.20. The van der Waals surface area contributed by atoms with Crippen LogP contribution in [0.15, 0.2) is 24.1 Å². The molecule has 1 nitrogen and oxygen atoms in total. The predicted octanol–water partition coefficient (Wildman–Crippen LogP) is 2.51. The maximum atomic E-state index is 12.9. The zero-order chi connectivity index (χ0) is 9.10. The van der Waals surface area contributed by atoms with Gasteiger partial charge in [-0.2, -0.15) is 0 Å². The molecule has 0 N–H and O–H groups in total. The fraction of sp³-hybridized carbons (Fsp3) is 0.636. The van der Waals surface area contributed by atoms with Crippen molar-refractivity contribution in [2.24, 2.45) is 5.92 Å². The van der Waals surface area contributed by atoms with Gasteiger partial charge in [-0.25, -0.2) is 4.39 Å². The van der Waals surface area contributed by atoms with Gasteiger partial charge in [-0.1, -0.05) is 6.08 Å². The van der Waals surface area contributed by atoms with Crippen molar-refractivity contribution in [3.05, 3.63) is 24.1 Å². The van der Waals surface area contributed by atoms with Crippen molar-refractivity contribution in [2.45, 2.75) is 19.3 Å². The average molecular weight is 181 g/mol. The molecule has 1 saturated heterocycles. The van der Waals surface area contributed by atoms with Crippen LogP contribution in [0.5, 0.6) is 0 Å². The van der Waals surface area contributed by atoms with Crippen molar-refractivity contribution in [1.29, 1.82) is 0 Å². The zero-order valence-corrected chi connectivity index (χ0v) is 7.88. The van der Waals surface area contributed by atoms with Crippen LogP contribution in [-0.4, -0.2) is 24.5 Å². The summed E-state index contributed by atoms with van der Waals surface area (Å²) in [6.07, 6.45) is 8.91. The first-order chi connectivity index (χ1) is 6.34. The maximum Gasteiger partial charge on any atom is 0.119 e. The van der Waals surface area contributed by atoms with Crippen LogP contribution in [0.2, 0.25) is 0 Å². The monoisotopic (exact) mass is 181 g/mol. The zero-order valence-electron chi connectivity index (χ0n) is 7.88. The van der Waals surface area contributed by atoms with Crippen molar-refractivity contribution < 1.29 is 4.39 Å². The first-order valence-corrected chi connectivity index (χ1v) is 5.11. The number of likely N-dealkylation sites (tertiary alicyclic amines) is 1. The first-order valence-electron chi connectivity index (χ1n) is 5.11. The molecule has 1 atom stereocenters. The normalized spacial score (nSPS) is 29.3. The number of hydrogen-bond acceptors (Lipinski definition) is 1. The molecule has 0 amide bonds. The van der Waals surface area contributed by atoms with E-state index in [9.17, 15) is 4.39 Å². The molecule has 0 bridgehead atoms. The second-order valence-corrected chi connectivity index (χ2v) is 3.96. The van der Waals surface area contributed by atoms with Gasteiger partial charge in [0, 0.05) is 6.54 Å². The predicted molar refractivity (Wildman–Crippen MR) is 52.1 cm³/mol. The lowest BCUT2D eigenvalue weighted by Gasteiger charge is -2.21. The minimum absolute atomic E-state index is 0.0598. The summed E-state index contributed by atoms with van der Waals surface area (Å²) in [6, 6.07) is 0. The molecule has 0 radical (unpaired) electrons. The fourth-order valence-corrected chi connectivity index (χ4v) is 2.13. The summed E-state index contributed by atoms with van der Waals surface area (Å²) in [5, 5.41) is 0. The summed E-state index contributed by atoms with van der Waals surface area (Å²) < 4.78 is 12.9.